The van der Waals surface area contributed by atoms with E-state index in [-0.39, 0.29) is 42.0 Å². The highest BCUT2D eigenvalue weighted by molar-refractivity contribution is 8.00. The van der Waals surface area contributed by atoms with Crippen molar-refractivity contribution in [2.75, 3.05) is 25.4 Å². The molecule has 2 unspecified atom stereocenters. The van der Waals surface area contributed by atoms with E-state index in [0.29, 0.717) is 28.4 Å². The van der Waals surface area contributed by atoms with Crippen LogP contribution in [0.15, 0.2) is 157 Å². The summed E-state index contributed by atoms with van der Waals surface area (Å²) in [6, 6.07) is 37.3. The number of benzene rings is 5. The fraction of sp³-hybridized carbons (Fsp3) is 0.232. The monoisotopic (exact) mass is 1080 g/mol. The smallest absolute Gasteiger partial charge is 0.355 e. The molecule has 9 rings (SSSR count). The molecule has 0 aliphatic carbocycles. The molecule has 21 heteroatoms. The molecule has 0 radical (unpaired) electrons. The van der Waals surface area contributed by atoms with Gasteiger partial charge in [-0.05, 0) is 64.2 Å². The third-order valence-corrected chi connectivity index (χ3v) is 14.7. The first-order valence-electron chi connectivity index (χ1n) is 23.9. The van der Waals surface area contributed by atoms with E-state index in [4.69, 9.17) is 18.9 Å². The number of ether oxygens (including phenoxy) is 5. The number of carbonyl (C=O) groups excluding carboxylic acids is 8. The van der Waals surface area contributed by atoms with Crippen molar-refractivity contribution < 1.29 is 71.9 Å². The van der Waals surface area contributed by atoms with Crippen LogP contribution in [0.3, 0.4) is 0 Å². The van der Waals surface area contributed by atoms with Crippen LogP contribution < -0.4 is 15.4 Å². The summed E-state index contributed by atoms with van der Waals surface area (Å²) in [5.74, 6) is -3.97. The summed E-state index contributed by atoms with van der Waals surface area (Å²) in [5, 5.41) is 13.6. The summed E-state index contributed by atoms with van der Waals surface area (Å²) in [5.41, 5.74) is 3.71. The van der Waals surface area contributed by atoms with E-state index in [1.165, 1.54) is 47.5 Å². The normalized spacial score (nSPS) is 17.9. The fourth-order valence-electron chi connectivity index (χ4n) is 8.55. The number of fused-ring (bicyclic) bond motifs is 2. The molecular weight excluding hydrogens is 1030 g/mol. The van der Waals surface area contributed by atoms with Gasteiger partial charge in [0.1, 0.15) is 46.6 Å². The SMILES string of the molecule is CC(=O)OCOC(=O)c1ccccc1CC(=O)NC1C(=O)N2C(C(=O)O)=CCS[C@H]12.COc1ccc(COC(=O)c2ccccc2CC(=O)NC2C(=O)N3C(C(=O)OC(c4ccccc4)c4ccccc4)=CCS[C@H]23)cc1. The second-order valence-corrected chi connectivity index (χ2v) is 19.6. The summed E-state index contributed by atoms with van der Waals surface area (Å²) < 4.78 is 26.1. The number of thioether (sulfide) groups is 2. The van der Waals surface area contributed by atoms with Crippen LogP contribution >= 0.6 is 23.5 Å². The molecule has 0 bridgehead atoms. The second-order valence-electron chi connectivity index (χ2n) is 17.3. The molecule has 4 atom stereocenters. The number of aliphatic carboxylic acids is 1. The molecule has 4 amide bonds. The van der Waals surface area contributed by atoms with E-state index in [2.05, 4.69) is 15.4 Å². The number of carbonyl (C=O) groups is 9. The summed E-state index contributed by atoms with van der Waals surface area (Å²) in [6.07, 6.45) is 2.16. The van der Waals surface area contributed by atoms with Gasteiger partial charge < -0.3 is 39.4 Å². The van der Waals surface area contributed by atoms with Crippen LogP contribution in [0.4, 0.5) is 0 Å². The van der Waals surface area contributed by atoms with Crippen molar-refractivity contribution in [3.8, 4) is 5.75 Å². The molecule has 4 heterocycles. The van der Waals surface area contributed by atoms with Gasteiger partial charge in [0.2, 0.25) is 18.6 Å². The highest BCUT2D eigenvalue weighted by Gasteiger charge is 2.54. The molecule has 5 aromatic carbocycles. The molecule has 0 spiro atoms. The number of methoxy groups -OCH3 is 1. The molecule has 396 valence electrons. The van der Waals surface area contributed by atoms with Gasteiger partial charge in [-0.1, -0.05) is 109 Å². The molecular formula is C56H50N4O15S2. The van der Waals surface area contributed by atoms with Gasteiger partial charge in [-0.2, -0.15) is 0 Å². The molecule has 0 saturated carbocycles. The molecule has 4 aliphatic heterocycles. The van der Waals surface area contributed by atoms with Crippen LogP contribution in [-0.4, -0.2) is 117 Å². The summed E-state index contributed by atoms with van der Waals surface area (Å²) in [4.78, 5) is 114. The maximum absolute atomic E-state index is 13.5. The van der Waals surface area contributed by atoms with Gasteiger partial charge in [-0.3, -0.25) is 33.8 Å². The van der Waals surface area contributed by atoms with Crippen LogP contribution in [-0.2, 0) is 72.0 Å². The second kappa shape index (κ2) is 25.2. The van der Waals surface area contributed by atoms with Gasteiger partial charge in [0.05, 0.1) is 31.1 Å². The maximum atomic E-state index is 13.5. The number of β-lactam (4-membered cyclic amide) rings is 2. The third-order valence-electron chi connectivity index (χ3n) is 12.3. The standard InChI is InChI=1S/C37H32N2O7S.C19H18N2O8S/c1-44-28-18-16-24(17-19-28)23-45-36(42)29-15-9-8-14-27(29)22-31(40)38-32-34(41)39-30(20-21-47-35(32)39)37(43)46-33(25-10-4-2-5-11-25)26-12-6-3-7-13-26;1-10(22)28-9-29-19(27)12-5-3-2-4-11(12)8-14(23)20-15-16(24)21-13(18(25)26)6-7-30-17(15)21/h2-20,32-33,35H,21-23H2,1H3,(H,38,40);2-6,15,17H,7-9H2,1H3,(H,20,23)(H,25,26)/t32?,35-;15?,17-/m11/s1. The predicted molar refractivity (Wildman–Crippen MR) is 279 cm³/mol. The van der Waals surface area contributed by atoms with E-state index in [0.717, 1.165) is 21.6 Å². The van der Waals surface area contributed by atoms with Crippen molar-refractivity contribution in [3.05, 3.63) is 196 Å². The number of carboxylic acid groups (broad SMARTS) is 1. The molecule has 0 aromatic heterocycles. The van der Waals surface area contributed by atoms with Crippen molar-refractivity contribution in [1.82, 2.24) is 20.4 Å². The number of nitrogens with one attached hydrogen (secondary N) is 2. The lowest BCUT2D eigenvalue weighted by atomic mass is 10.0. The zero-order valence-corrected chi connectivity index (χ0v) is 43.0. The van der Waals surface area contributed by atoms with Crippen molar-refractivity contribution in [1.29, 1.82) is 0 Å². The Balaban J connectivity index is 0.000000225. The van der Waals surface area contributed by atoms with Gasteiger partial charge in [0.15, 0.2) is 6.10 Å². The van der Waals surface area contributed by atoms with Crippen LogP contribution in [0.2, 0.25) is 0 Å². The van der Waals surface area contributed by atoms with Crippen molar-refractivity contribution in [2.24, 2.45) is 0 Å². The molecule has 5 aromatic rings. The summed E-state index contributed by atoms with van der Waals surface area (Å²) in [7, 11) is 1.58. The van der Waals surface area contributed by atoms with Crippen LogP contribution in [0.5, 0.6) is 5.75 Å². The number of carboxylic acids is 1. The third kappa shape index (κ3) is 13.1. The van der Waals surface area contributed by atoms with Crippen LogP contribution in [0.25, 0.3) is 0 Å². The lowest BCUT2D eigenvalue weighted by Crippen LogP contribution is -2.70. The van der Waals surface area contributed by atoms with Crippen molar-refractivity contribution in [3.63, 3.8) is 0 Å². The molecule has 77 heavy (non-hydrogen) atoms. The Kier molecular flexibility index (Phi) is 17.9. The highest BCUT2D eigenvalue weighted by atomic mass is 32.2. The van der Waals surface area contributed by atoms with Gasteiger partial charge in [-0.15, -0.1) is 23.5 Å². The molecule has 2 saturated heterocycles. The first kappa shape index (κ1) is 54.6. The Morgan fingerprint density at radius 3 is 1.56 bits per heavy atom. The Bertz CT molecular complexity index is 3100. The largest absolute Gasteiger partial charge is 0.497 e. The number of hydrogen-bond donors (Lipinski definition) is 3. The number of nitrogens with zero attached hydrogens (tertiary/aromatic N) is 2. The molecule has 2 fully saturated rings. The topological polar surface area (TPSA) is 251 Å². The van der Waals surface area contributed by atoms with Gasteiger partial charge in [-0.25, -0.2) is 19.2 Å². The zero-order chi connectivity index (χ0) is 54.6. The van der Waals surface area contributed by atoms with Crippen LogP contribution in [0, 0.1) is 0 Å². The lowest BCUT2D eigenvalue weighted by Gasteiger charge is -2.48. The average Bonchev–Trinajstić information content (AvgIpc) is 3.51. The van der Waals surface area contributed by atoms with E-state index in [1.807, 2.05) is 60.7 Å². The van der Waals surface area contributed by atoms with Crippen LogP contribution in [0.1, 0.15) is 61.6 Å². The maximum Gasteiger partial charge on any atom is 0.355 e. The van der Waals surface area contributed by atoms with Gasteiger partial charge in [0, 0.05) is 18.4 Å². The highest BCUT2D eigenvalue weighted by Crippen LogP contribution is 2.40. The molecule has 3 N–H and O–H groups in total. The van der Waals surface area contributed by atoms with Crippen molar-refractivity contribution in [2.45, 2.75) is 55.3 Å². The molecule has 4 aliphatic rings. The first-order valence-corrected chi connectivity index (χ1v) is 26.0. The summed E-state index contributed by atoms with van der Waals surface area (Å²) in [6.45, 7) is 0.693. The minimum atomic E-state index is -1.19. The first-order chi connectivity index (χ1) is 37.2. The minimum Gasteiger partial charge on any atom is -0.497 e. The zero-order valence-electron chi connectivity index (χ0n) is 41.4. The van der Waals surface area contributed by atoms with E-state index in [9.17, 15) is 48.3 Å². The molecule has 19 nitrogen and oxygen atoms in total. The summed E-state index contributed by atoms with van der Waals surface area (Å²) >= 11 is 2.79. The number of esters is 4. The predicted octanol–water partition coefficient (Wildman–Crippen LogP) is 5.49. The van der Waals surface area contributed by atoms with Gasteiger partial charge >= 0.3 is 29.8 Å². The minimum absolute atomic E-state index is 0.0599. The Morgan fingerprint density at radius 2 is 1.06 bits per heavy atom. The van der Waals surface area contributed by atoms with Crippen molar-refractivity contribution >= 4 is 77.0 Å². The van der Waals surface area contributed by atoms with E-state index in [1.54, 1.807) is 79.9 Å². The number of hydrogen-bond acceptors (Lipinski definition) is 16. The van der Waals surface area contributed by atoms with E-state index >= 15 is 0 Å². The van der Waals surface area contributed by atoms with Gasteiger partial charge in [0.25, 0.3) is 11.8 Å². The fourth-order valence-corrected chi connectivity index (χ4v) is 10.9. The average molecular weight is 1080 g/mol. The number of rotatable bonds is 18. The Hall–Kier alpha value is -8.69. The number of amides is 4. The quantitative estimate of drug-likeness (QED) is 0.0425. The Labute approximate surface area is 449 Å². The Morgan fingerprint density at radius 1 is 0.597 bits per heavy atom. The van der Waals surface area contributed by atoms with E-state index < -0.39 is 89.2 Å². The lowest BCUT2D eigenvalue weighted by molar-refractivity contribution is -0.154.